The number of carbonyl (C=O) groups is 1. The quantitative estimate of drug-likeness (QED) is 0.304. The van der Waals surface area contributed by atoms with Crippen molar-refractivity contribution in [3.63, 3.8) is 0 Å². The van der Waals surface area contributed by atoms with Crippen LogP contribution in [-0.2, 0) is 11.0 Å². The summed E-state index contributed by atoms with van der Waals surface area (Å²) in [6.07, 6.45) is 2.04. The summed E-state index contributed by atoms with van der Waals surface area (Å²) in [5.41, 5.74) is 2.38. The first-order valence-electron chi connectivity index (χ1n) is 12.3. The Morgan fingerprint density at radius 3 is 2.50 bits per heavy atom. The van der Waals surface area contributed by atoms with Gasteiger partial charge in [-0.1, -0.05) is 55.0 Å². The number of aromatic nitrogens is 1. The van der Waals surface area contributed by atoms with Gasteiger partial charge in [0.25, 0.3) is 0 Å². The van der Waals surface area contributed by atoms with E-state index in [-0.39, 0.29) is 42.1 Å². The number of aliphatic hydroxyl groups excluding tert-OH is 1. The van der Waals surface area contributed by atoms with E-state index in [0.29, 0.717) is 16.8 Å². The van der Waals surface area contributed by atoms with Gasteiger partial charge in [0.05, 0.1) is 17.0 Å². The summed E-state index contributed by atoms with van der Waals surface area (Å²) < 4.78 is 39.5. The van der Waals surface area contributed by atoms with Gasteiger partial charge in [0.1, 0.15) is 0 Å². The number of pyridine rings is 1. The molecule has 0 saturated carbocycles. The number of hydrogen-bond acceptors (Lipinski definition) is 4. The molecule has 0 radical (unpaired) electrons. The lowest BCUT2D eigenvalue weighted by Gasteiger charge is -2.28. The van der Waals surface area contributed by atoms with Gasteiger partial charge in [-0.15, -0.1) is 0 Å². The van der Waals surface area contributed by atoms with Crippen molar-refractivity contribution in [3.05, 3.63) is 100 Å². The van der Waals surface area contributed by atoms with Crippen molar-refractivity contribution in [1.29, 1.82) is 0 Å². The Kier molecular flexibility index (Phi) is 8.55. The highest BCUT2D eigenvalue weighted by Gasteiger charge is 2.31. The van der Waals surface area contributed by atoms with Gasteiger partial charge in [-0.2, -0.15) is 13.2 Å². The molecule has 3 unspecified atom stereocenters. The molecule has 0 spiro atoms. The number of amides is 1. The highest BCUT2D eigenvalue weighted by atomic mass is 35.5. The van der Waals surface area contributed by atoms with Crippen LogP contribution < -0.4 is 5.32 Å². The second kappa shape index (κ2) is 11.7. The number of benzene rings is 2. The third-order valence-electron chi connectivity index (χ3n) is 6.81. The highest BCUT2D eigenvalue weighted by molar-refractivity contribution is 6.30. The summed E-state index contributed by atoms with van der Waals surface area (Å²) in [7, 11) is 0. The van der Waals surface area contributed by atoms with E-state index in [1.54, 1.807) is 18.3 Å². The molecule has 3 atom stereocenters. The lowest BCUT2D eigenvalue weighted by atomic mass is 9.76. The molecule has 4 rings (SSSR count). The first kappa shape index (κ1) is 27.8. The summed E-state index contributed by atoms with van der Waals surface area (Å²) in [5.74, 6) is -0.759. The van der Waals surface area contributed by atoms with Crippen molar-refractivity contribution in [2.45, 2.75) is 38.1 Å². The Balaban J connectivity index is 1.61. The Morgan fingerprint density at radius 1 is 1.13 bits per heavy atom. The van der Waals surface area contributed by atoms with Crippen LogP contribution in [0.3, 0.4) is 0 Å². The number of hydrogen-bond donors (Lipinski definition) is 3. The van der Waals surface area contributed by atoms with E-state index in [1.807, 2.05) is 36.4 Å². The van der Waals surface area contributed by atoms with E-state index in [1.165, 1.54) is 6.07 Å². The van der Waals surface area contributed by atoms with Crippen molar-refractivity contribution < 1.29 is 28.2 Å². The van der Waals surface area contributed by atoms with Gasteiger partial charge in [-0.3, -0.25) is 9.78 Å². The van der Waals surface area contributed by atoms with E-state index < -0.39 is 18.0 Å². The standard InChI is InChI=1S/C29H28ClF3N2O3/c1-17(18-2-4-20(5-3-18)28(38)34-13-12-26(36)37)27(19-7-10-24(30)11-8-19)22-14-21-6-9-23(29(31,32)33)15-25(21)35-16-22/h2-4,6-11,14-17,20,26-27,36-37H,5,12-13H2,1H3,(H,34,38). The molecule has 1 aliphatic carbocycles. The molecule has 200 valence electrons. The van der Waals surface area contributed by atoms with Crippen LogP contribution in [0.15, 0.2) is 78.5 Å². The fourth-order valence-corrected chi connectivity index (χ4v) is 4.87. The summed E-state index contributed by atoms with van der Waals surface area (Å²) in [5, 5.41) is 21.8. The molecule has 1 heterocycles. The van der Waals surface area contributed by atoms with E-state index >= 15 is 0 Å². The van der Waals surface area contributed by atoms with Gasteiger partial charge in [-0.05, 0) is 59.4 Å². The van der Waals surface area contributed by atoms with Gasteiger partial charge >= 0.3 is 6.18 Å². The van der Waals surface area contributed by atoms with Crippen LogP contribution in [0.25, 0.3) is 10.9 Å². The molecule has 2 aromatic carbocycles. The molecule has 9 heteroatoms. The Bertz CT molecular complexity index is 1350. The number of alkyl halides is 3. The maximum absolute atomic E-state index is 13.2. The summed E-state index contributed by atoms with van der Waals surface area (Å²) in [6, 6.07) is 12.9. The van der Waals surface area contributed by atoms with E-state index in [4.69, 9.17) is 21.8 Å². The monoisotopic (exact) mass is 544 g/mol. The predicted molar refractivity (Wildman–Crippen MR) is 140 cm³/mol. The molecule has 0 bridgehead atoms. The molecule has 1 amide bonds. The van der Waals surface area contributed by atoms with Gasteiger partial charge in [-0.25, -0.2) is 0 Å². The predicted octanol–water partition coefficient (Wildman–Crippen LogP) is 5.99. The summed E-state index contributed by atoms with van der Waals surface area (Å²) in [6.45, 7) is 2.24. The zero-order valence-electron chi connectivity index (χ0n) is 20.6. The smallest absolute Gasteiger partial charge is 0.368 e. The maximum Gasteiger partial charge on any atom is 0.416 e. The number of carbonyl (C=O) groups excluding carboxylic acids is 1. The van der Waals surface area contributed by atoms with Crippen LogP contribution in [0, 0.1) is 11.8 Å². The minimum Gasteiger partial charge on any atom is -0.368 e. The maximum atomic E-state index is 13.2. The minimum absolute atomic E-state index is 0.0466. The number of allylic oxidation sites excluding steroid dienone is 3. The molecule has 3 aromatic rings. The average molecular weight is 545 g/mol. The molecule has 1 aliphatic rings. The zero-order chi connectivity index (χ0) is 27.4. The van der Waals surface area contributed by atoms with Crippen LogP contribution >= 0.6 is 11.6 Å². The largest absolute Gasteiger partial charge is 0.416 e. The van der Waals surface area contributed by atoms with Crippen LogP contribution in [-0.4, -0.2) is 33.9 Å². The molecule has 0 saturated heterocycles. The van der Waals surface area contributed by atoms with Crippen molar-refractivity contribution in [2.75, 3.05) is 6.54 Å². The van der Waals surface area contributed by atoms with Crippen LogP contribution in [0.4, 0.5) is 13.2 Å². The Hall–Kier alpha value is -3.20. The molecular weight excluding hydrogens is 517 g/mol. The third-order valence-corrected chi connectivity index (χ3v) is 7.07. The van der Waals surface area contributed by atoms with E-state index in [9.17, 15) is 18.0 Å². The van der Waals surface area contributed by atoms with Crippen LogP contribution in [0.1, 0.15) is 42.4 Å². The van der Waals surface area contributed by atoms with Crippen molar-refractivity contribution >= 4 is 28.4 Å². The number of nitrogens with one attached hydrogen (secondary N) is 1. The second-order valence-electron chi connectivity index (χ2n) is 9.46. The van der Waals surface area contributed by atoms with Crippen molar-refractivity contribution in [2.24, 2.45) is 11.8 Å². The molecule has 1 aromatic heterocycles. The number of nitrogens with zero attached hydrogens (tertiary/aromatic N) is 1. The van der Waals surface area contributed by atoms with Gasteiger partial charge in [0.15, 0.2) is 6.29 Å². The fraction of sp³-hybridized carbons (Fsp3) is 0.310. The molecule has 5 nitrogen and oxygen atoms in total. The minimum atomic E-state index is -4.44. The number of rotatable bonds is 8. The Morgan fingerprint density at radius 2 is 1.87 bits per heavy atom. The number of aliphatic hydroxyl groups is 2. The molecule has 0 fully saturated rings. The topological polar surface area (TPSA) is 82.5 Å². The van der Waals surface area contributed by atoms with E-state index in [2.05, 4.69) is 17.2 Å². The zero-order valence-corrected chi connectivity index (χ0v) is 21.4. The Labute approximate surface area is 223 Å². The highest BCUT2D eigenvalue weighted by Crippen LogP contribution is 2.39. The van der Waals surface area contributed by atoms with Crippen molar-refractivity contribution in [1.82, 2.24) is 10.3 Å². The second-order valence-corrected chi connectivity index (χ2v) is 9.89. The molecular formula is C29H28ClF3N2O3. The molecule has 38 heavy (non-hydrogen) atoms. The first-order valence-corrected chi connectivity index (χ1v) is 12.6. The SMILES string of the molecule is CC(C1=CCC(C(=O)NCCC(O)O)C=C1)C(c1ccc(Cl)cc1)c1cnc2cc(C(F)(F)F)ccc2c1. The lowest BCUT2D eigenvalue weighted by molar-refractivity contribution is -0.137. The summed E-state index contributed by atoms with van der Waals surface area (Å²) >= 11 is 6.13. The molecule has 0 aliphatic heterocycles. The van der Waals surface area contributed by atoms with E-state index in [0.717, 1.165) is 28.8 Å². The van der Waals surface area contributed by atoms with Gasteiger partial charge in [0.2, 0.25) is 5.91 Å². The molecule has 3 N–H and O–H groups in total. The fourth-order valence-electron chi connectivity index (χ4n) is 4.74. The van der Waals surface area contributed by atoms with Crippen LogP contribution in [0.2, 0.25) is 5.02 Å². The normalized spacial score (nSPS) is 17.4. The van der Waals surface area contributed by atoms with Gasteiger partial charge in [0, 0.05) is 35.5 Å². The third kappa shape index (κ3) is 6.62. The number of fused-ring (bicyclic) bond motifs is 1. The van der Waals surface area contributed by atoms with Gasteiger partial charge < -0.3 is 15.5 Å². The first-order chi connectivity index (χ1) is 18.0. The average Bonchev–Trinajstić information content (AvgIpc) is 2.88. The lowest BCUT2D eigenvalue weighted by Crippen LogP contribution is -2.32. The number of halogens is 4. The van der Waals surface area contributed by atoms with Crippen molar-refractivity contribution in [3.8, 4) is 0 Å². The van der Waals surface area contributed by atoms with Crippen LogP contribution in [0.5, 0.6) is 0 Å². The summed E-state index contributed by atoms with van der Waals surface area (Å²) in [4.78, 5) is 16.8.